The van der Waals surface area contributed by atoms with Gasteiger partial charge in [-0.15, -0.1) is 0 Å². The second-order valence-corrected chi connectivity index (χ2v) is 2.98. The van der Waals surface area contributed by atoms with Gasteiger partial charge in [0.2, 0.25) is 0 Å². The quantitative estimate of drug-likeness (QED) is 0.734. The Hall–Kier alpha value is -0.680. The summed E-state index contributed by atoms with van der Waals surface area (Å²) in [5.41, 5.74) is 5.03. The Morgan fingerprint density at radius 2 is 2.08 bits per heavy atom. The Morgan fingerprint density at radius 1 is 1.50 bits per heavy atom. The highest BCUT2D eigenvalue weighted by Gasteiger charge is 2.14. The monoisotopic (exact) mass is 237 g/mol. The molecule has 0 aromatic heterocycles. The van der Waals surface area contributed by atoms with Gasteiger partial charge in [-0.3, -0.25) is 0 Å². The lowest BCUT2D eigenvalue weighted by Crippen LogP contribution is -2.02. The fourth-order valence-corrected chi connectivity index (χ4v) is 1.17. The van der Waals surface area contributed by atoms with E-state index < -0.39 is 17.4 Å². The van der Waals surface area contributed by atoms with E-state index in [9.17, 15) is 8.78 Å². The lowest BCUT2D eigenvalue weighted by atomic mass is 10.2. The smallest absolute Gasteiger partial charge is 0.148 e. The molecule has 0 radical (unpaired) electrons. The highest BCUT2D eigenvalue weighted by Crippen LogP contribution is 2.29. The van der Waals surface area contributed by atoms with E-state index in [2.05, 4.69) is 15.9 Å². The molecule has 1 rings (SSSR count). The van der Waals surface area contributed by atoms with Gasteiger partial charge in [-0.2, -0.15) is 0 Å². The molecule has 2 nitrogen and oxygen atoms in total. The van der Waals surface area contributed by atoms with E-state index in [0.717, 1.165) is 6.07 Å². The summed E-state index contributed by atoms with van der Waals surface area (Å²) >= 11 is 2.69. The van der Waals surface area contributed by atoms with Crippen LogP contribution in [0.2, 0.25) is 0 Å². The fraction of sp³-hybridized carbons (Fsp3) is 0.143. The predicted molar refractivity (Wildman–Crippen MR) is 43.6 cm³/mol. The number of phenolic OH excluding ortho intramolecular Hbond substituents is 1. The van der Waals surface area contributed by atoms with Gasteiger partial charge < -0.3 is 10.8 Å². The Morgan fingerprint density at radius 3 is 2.58 bits per heavy atom. The summed E-state index contributed by atoms with van der Waals surface area (Å²) in [6, 6.07) is 0.815. The van der Waals surface area contributed by atoms with Crippen LogP contribution in [0.15, 0.2) is 10.5 Å². The van der Waals surface area contributed by atoms with Crippen molar-refractivity contribution in [1.29, 1.82) is 0 Å². The topological polar surface area (TPSA) is 46.2 Å². The van der Waals surface area contributed by atoms with Crippen LogP contribution in [-0.4, -0.2) is 5.11 Å². The molecule has 66 valence electrons. The van der Waals surface area contributed by atoms with E-state index in [-0.39, 0.29) is 16.6 Å². The van der Waals surface area contributed by atoms with Gasteiger partial charge in [-0.25, -0.2) is 8.78 Å². The van der Waals surface area contributed by atoms with E-state index in [0.29, 0.717) is 0 Å². The molecule has 5 heteroatoms. The first-order chi connectivity index (χ1) is 5.57. The minimum absolute atomic E-state index is 0.0942. The molecule has 0 atom stereocenters. The summed E-state index contributed by atoms with van der Waals surface area (Å²) in [4.78, 5) is 0. The SMILES string of the molecule is NCc1c(O)cc(F)c(Br)c1F. The van der Waals surface area contributed by atoms with Gasteiger partial charge in [-0.1, -0.05) is 0 Å². The van der Waals surface area contributed by atoms with Crippen LogP contribution in [0.1, 0.15) is 5.56 Å². The van der Waals surface area contributed by atoms with E-state index >= 15 is 0 Å². The number of aromatic hydroxyl groups is 1. The zero-order chi connectivity index (χ0) is 9.30. The molecule has 3 N–H and O–H groups in total. The zero-order valence-electron chi connectivity index (χ0n) is 5.94. The van der Waals surface area contributed by atoms with E-state index in [1.807, 2.05) is 0 Å². The third-order valence-electron chi connectivity index (χ3n) is 1.44. The maximum Gasteiger partial charge on any atom is 0.148 e. The molecule has 0 aliphatic heterocycles. The van der Waals surface area contributed by atoms with E-state index in [4.69, 9.17) is 10.8 Å². The van der Waals surface area contributed by atoms with Crippen molar-refractivity contribution in [3.05, 3.63) is 27.7 Å². The molecule has 0 heterocycles. The van der Waals surface area contributed by atoms with Crippen LogP contribution in [0.3, 0.4) is 0 Å². The van der Waals surface area contributed by atoms with Crippen molar-refractivity contribution in [1.82, 2.24) is 0 Å². The van der Waals surface area contributed by atoms with Crippen LogP contribution in [0.5, 0.6) is 5.75 Å². The molecule has 0 unspecified atom stereocenters. The first-order valence-electron chi connectivity index (χ1n) is 3.13. The maximum atomic E-state index is 13.0. The number of phenols is 1. The molecule has 0 aliphatic carbocycles. The third-order valence-corrected chi connectivity index (χ3v) is 2.17. The molecule has 12 heavy (non-hydrogen) atoms. The van der Waals surface area contributed by atoms with Gasteiger partial charge in [-0.05, 0) is 15.9 Å². The van der Waals surface area contributed by atoms with Gasteiger partial charge in [0.15, 0.2) is 0 Å². The first-order valence-corrected chi connectivity index (χ1v) is 3.92. The number of nitrogens with two attached hydrogens (primary N) is 1. The van der Waals surface area contributed by atoms with Crippen LogP contribution in [-0.2, 0) is 6.54 Å². The summed E-state index contributed by atoms with van der Waals surface area (Å²) in [6.45, 7) is -0.170. The first kappa shape index (κ1) is 9.41. The largest absolute Gasteiger partial charge is 0.507 e. The molecule has 0 fully saturated rings. The molecule has 1 aromatic carbocycles. The molecule has 0 spiro atoms. The van der Waals surface area contributed by atoms with Crippen molar-refractivity contribution in [3.8, 4) is 5.75 Å². The van der Waals surface area contributed by atoms with E-state index in [1.165, 1.54) is 0 Å². The number of halogens is 3. The molecule has 0 aliphatic rings. The van der Waals surface area contributed by atoms with Crippen molar-refractivity contribution in [2.45, 2.75) is 6.54 Å². The summed E-state index contributed by atoms with van der Waals surface area (Å²) in [5.74, 6) is -2.16. The lowest BCUT2D eigenvalue weighted by molar-refractivity contribution is 0.448. The maximum absolute atomic E-state index is 13.0. The molecule has 0 saturated carbocycles. The lowest BCUT2D eigenvalue weighted by Gasteiger charge is -2.05. The average molecular weight is 238 g/mol. The van der Waals surface area contributed by atoms with Crippen LogP contribution < -0.4 is 5.73 Å². The fourth-order valence-electron chi connectivity index (χ4n) is 0.814. The van der Waals surface area contributed by atoms with Crippen molar-refractivity contribution in [2.75, 3.05) is 0 Å². The Balaban J connectivity index is 3.40. The average Bonchev–Trinajstić information content (AvgIpc) is 2.01. The van der Waals surface area contributed by atoms with Crippen LogP contribution in [0.25, 0.3) is 0 Å². The third kappa shape index (κ3) is 1.42. The molecular weight excluding hydrogens is 232 g/mol. The van der Waals surface area contributed by atoms with Crippen molar-refractivity contribution < 1.29 is 13.9 Å². The Labute approximate surface area is 76.1 Å². The molecular formula is C7H6BrF2NO. The Kier molecular flexibility index (Phi) is 2.64. The summed E-state index contributed by atoms with van der Waals surface area (Å²) in [6.07, 6.45) is 0. The van der Waals surface area contributed by atoms with Crippen LogP contribution >= 0.6 is 15.9 Å². The Bertz CT molecular complexity index is 317. The van der Waals surface area contributed by atoms with Gasteiger partial charge >= 0.3 is 0 Å². The number of hydrogen-bond acceptors (Lipinski definition) is 2. The molecule has 1 aromatic rings. The standard InChI is InChI=1S/C7H6BrF2NO/c8-6-4(9)1-5(12)3(2-11)7(6)10/h1,12H,2,11H2. The second kappa shape index (κ2) is 3.37. The summed E-state index contributed by atoms with van der Waals surface area (Å²) < 4.78 is 25.4. The predicted octanol–water partition coefficient (Wildman–Crippen LogP) is 1.89. The number of benzene rings is 1. The highest BCUT2D eigenvalue weighted by molar-refractivity contribution is 9.10. The van der Waals surface area contributed by atoms with Gasteiger partial charge in [0, 0.05) is 18.2 Å². The zero-order valence-corrected chi connectivity index (χ0v) is 7.53. The highest BCUT2D eigenvalue weighted by atomic mass is 79.9. The summed E-state index contributed by atoms with van der Waals surface area (Å²) in [7, 11) is 0. The number of rotatable bonds is 1. The van der Waals surface area contributed by atoms with Gasteiger partial charge in [0.05, 0.1) is 4.47 Å². The molecule has 0 saturated heterocycles. The minimum Gasteiger partial charge on any atom is -0.507 e. The van der Waals surface area contributed by atoms with Crippen molar-refractivity contribution in [2.24, 2.45) is 5.73 Å². The number of hydrogen-bond donors (Lipinski definition) is 2. The normalized spacial score (nSPS) is 10.3. The minimum atomic E-state index is -0.852. The molecule has 0 bridgehead atoms. The summed E-state index contributed by atoms with van der Waals surface area (Å²) in [5, 5.41) is 9.02. The second-order valence-electron chi connectivity index (χ2n) is 2.19. The van der Waals surface area contributed by atoms with Gasteiger partial charge in [0.25, 0.3) is 0 Å². The van der Waals surface area contributed by atoms with Crippen LogP contribution in [0.4, 0.5) is 8.78 Å². The van der Waals surface area contributed by atoms with Crippen LogP contribution in [0, 0.1) is 11.6 Å². The molecule has 0 amide bonds. The van der Waals surface area contributed by atoms with E-state index in [1.54, 1.807) is 0 Å². The van der Waals surface area contributed by atoms with Crippen molar-refractivity contribution in [3.63, 3.8) is 0 Å². The van der Waals surface area contributed by atoms with Crippen molar-refractivity contribution >= 4 is 15.9 Å². The van der Waals surface area contributed by atoms with Gasteiger partial charge in [0.1, 0.15) is 17.4 Å².